The summed E-state index contributed by atoms with van der Waals surface area (Å²) in [5.74, 6) is 0. The van der Waals surface area contributed by atoms with E-state index in [-0.39, 0.29) is 6.04 Å². The first-order valence-electron chi connectivity index (χ1n) is 6.13. The highest BCUT2D eigenvalue weighted by Crippen LogP contribution is 2.37. The summed E-state index contributed by atoms with van der Waals surface area (Å²) in [6, 6.07) is 16.8. The molecule has 0 bridgehead atoms. The summed E-state index contributed by atoms with van der Waals surface area (Å²) in [6.45, 7) is 0. The van der Waals surface area contributed by atoms with Crippen molar-refractivity contribution in [3.05, 3.63) is 59.2 Å². The molecule has 0 saturated heterocycles. The van der Waals surface area contributed by atoms with E-state index < -0.39 is 0 Å². The van der Waals surface area contributed by atoms with Gasteiger partial charge in [-0.3, -0.25) is 0 Å². The largest absolute Gasteiger partial charge is 0.323 e. The van der Waals surface area contributed by atoms with Crippen LogP contribution in [0.4, 0.5) is 0 Å². The Labute approximate surface area is 107 Å². The summed E-state index contributed by atoms with van der Waals surface area (Å²) >= 11 is 0. The van der Waals surface area contributed by atoms with E-state index in [4.69, 9.17) is 11.0 Å². The lowest BCUT2D eigenvalue weighted by molar-refractivity contribution is 0.747. The number of rotatable bonds is 2. The van der Waals surface area contributed by atoms with Crippen molar-refractivity contribution in [1.29, 1.82) is 5.26 Å². The standard InChI is InChI=1S/C16H14N2/c17-8-7-16(18)12-5-6-15-13(10-12)9-11-3-1-2-4-14(11)15/h1-6,10,16H,7,9,18H2/t16-/m1/s1. The number of benzene rings is 2. The molecule has 2 N–H and O–H groups in total. The van der Waals surface area contributed by atoms with Gasteiger partial charge in [0.15, 0.2) is 0 Å². The van der Waals surface area contributed by atoms with Crippen LogP contribution in [0.1, 0.15) is 29.2 Å². The maximum atomic E-state index is 8.70. The molecule has 0 heterocycles. The van der Waals surface area contributed by atoms with Crippen LogP contribution in [0.5, 0.6) is 0 Å². The molecule has 2 nitrogen and oxygen atoms in total. The molecule has 0 fully saturated rings. The van der Waals surface area contributed by atoms with Gasteiger partial charge in [0.05, 0.1) is 12.5 Å². The minimum absolute atomic E-state index is 0.177. The normalized spacial score (nSPS) is 13.6. The molecule has 18 heavy (non-hydrogen) atoms. The van der Waals surface area contributed by atoms with E-state index >= 15 is 0 Å². The molecule has 0 amide bonds. The van der Waals surface area contributed by atoms with Crippen molar-refractivity contribution >= 4 is 0 Å². The summed E-state index contributed by atoms with van der Waals surface area (Å²) in [5, 5.41) is 8.70. The molecule has 0 aromatic heterocycles. The smallest absolute Gasteiger partial charge is 0.0641 e. The molecule has 0 spiro atoms. The zero-order valence-corrected chi connectivity index (χ0v) is 10.1. The van der Waals surface area contributed by atoms with E-state index in [1.165, 1.54) is 22.3 Å². The van der Waals surface area contributed by atoms with Gasteiger partial charge in [-0.1, -0.05) is 42.5 Å². The average Bonchev–Trinajstić information content (AvgIpc) is 2.76. The molecule has 1 atom stereocenters. The van der Waals surface area contributed by atoms with Gasteiger partial charge in [-0.25, -0.2) is 0 Å². The SMILES string of the molecule is N#CC[C@@H](N)c1ccc2c(c1)Cc1ccccc1-2. The number of hydrogen-bond donors (Lipinski definition) is 1. The molecule has 1 aliphatic carbocycles. The van der Waals surface area contributed by atoms with Crippen molar-refractivity contribution in [3.8, 4) is 17.2 Å². The number of nitrogens with two attached hydrogens (primary N) is 1. The highest BCUT2D eigenvalue weighted by molar-refractivity contribution is 5.76. The molecule has 1 aliphatic rings. The van der Waals surface area contributed by atoms with Crippen molar-refractivity contribution in [2.75, 3.05) is 0 Å². The van der Waals surface area contributed by atoms with Crippen LogP contribution < -0.4 is 5.73 Å². The van der Waals surface area contributed by atoms with Crippen molar-refractivity contribution < 1.29 is 0 Å². The van der Waals surface area contributed by atoms with Gasteiger partial charge >= 0.3 is 0 Å². The first-order chi connectivity index (χ1) is 8.79. The van der Waals surface area contributed by atoms with Gasteiger partial charge in [0.1, 0.15) is 0 Å². The maximum Gasteiger partial charge on any atom is 0.0641 e. The van der Waals surface area contributed by atoms with Gasteiger partial charge in [-0.2, -0.15) is 5.26 Å². The third-order valence-electron chi connectivity index (χ3n) is 3.56. The van der Waals surface area contributed by atoms with Gasteiger partial charge < -0.3 is 5.73 Å². The lowest BCUT2D eigenvalue weighted by Gasteiger charge is -2.10. The number of hydrogen-bond acceptors (Lipinski definition) is 2. The van der Waals surface area contributed by atoms with Crippen LogP contribution in [0.2, 0.25) is 0 Å². The summed E-state index contributed by atoms with van der Waals surface area (Å²) in [6.07, 6.45) is 1.34. The van der Waals surface area contributed by atoms with Gasteiger partial charge in [0.25, 0.3) is 0 Å². The van der Waals surface area contributed by atoms with Crippen LogP contribution in [0.3, 0.4) is 0 Å². The van der Waals surface area contributed by atoms with Crippen LogP contribution in [-0.2, 0) is 6.42 Å². The van der Waals surface area contributed by atoms with Crippen LogP contribution in [0, 0.1) is 11.3 Å². The van der Waals surface area contributed by atoms with E-state index in [1.54, 1.807) is 0 Å². The van der Waals surface area contributed by atoms with Crippen LogP contribution in [0.25, 0.3) is 11.1 Å². The Kier molecular flexibility index (Phi) is 2.62. The molecule has 0 saturated carbocycles. The molecule has 2 aromatic rings. The van der Waals surface area contributed by atoms with Crippen LogP contribution in [-0.4, -0.2) is 0 Å². The van der Waals surface area contributed by atoms with Crippen LogP contribution in [0.15, 0.2) is 42.5 Å². The molecule has 0 unspecified atom stereocenters. The van der Waals surface area contributed by atoms with Crippen LogP contribution >= 0.6 is 0 Å². The minimum atomic E-state index is -0.177. The van der Waals surface area contributed by atoms with Gasteiger partial charge in [0.2, 0.25) is 0 Å². The summed E-state index contributed by atoms with van der Waals surface area (Å²) < 4.78 is 0. The fourth-order valence-corrected chi connectivity index (χ4v) is 2.61. The van der Waals surface area contributed by atoms with E-state index in [0.29, 0.717) is 6.42 Å². The topological polar surface area (TPSA) is 49.8 Å². The molecule has 2 heteroatoms. The van der Waals surface area contributed by atoms with Crippen molar-refractivity contribution in [2.45, 2.75) is 18.9 Å². The molecule has 0 aliphatic heterocycles. The van der Waals surface area contributed by atoms with Crippen molar-refractivity contribution in [1.82, 2.24) is 0 Å². The zero-order chi connectivity index (χ0) is 12.5. The molecule has 3 rings (SSSR count). The second-order valence-electron chi connectivity index (χ2n) is 4.72. The molecular weight excluding hydrogens is 220 g/mol. The number of fused-ring (bicyclic) bond motifs is 3. The quantitative estimate of drug-likeness (QED) is 0.740. The first-order valence-corrected chi connectivity index (χ1v) is 6.13. The summed E-state index contributed by atoms with van der Waals surface area (Å²) in [5.41, 5.74) is 12.4. The Morgan fingerprint density at radius 3 is 2.72 bits per heavy atom. The second kappa shape index (κ2) is 4.29. The zero-order valence-electron chi connectivity index (χ0n) is 10.1. The highest BCUT2D eigenvalue weighted by Gasteiger charge is 2.18. The van der Waals surface area contributed by atoms with E-state index in [9.17, 15) is 0 Å². The Balaban J connectivity index is 2.01. The molecule has 0 radical (unpaired) electrons. The van der Waals surface area contributed by atoms with Gasteiger partial charge in [-0.05, 0) is 34.2 Å². The molecular formula is C16H14N2. The monoisotopic (exact) mass is 234 g/mol. The van der Waals surface area contributed by atoms with E-state index in [1.807, 2.05) is 6.07 Å². The van der Waals surface area contributed by atoms with Gasteiger partial charge in [0, 0.05) is 6.04 Å². The van der Waals surface area contributed by atoms with Gasteiger partial charge in [-0.15, -0.1) is 0 Å². The minimum Gasteiger partial charge on any atom is -0.323 e. The summed E-state index contributed by atoms with van der Waals surface area (Å²) in [7, 11) is 0. The third-order valence-corrected chi connectivity index (χ3v) is 3.56. The third kappa shape index (κ3) is 1.70. The number of nitriles is 1. The predicted molar refractivity (Wildman–Crippen MR) is 71.8 cm³/mol. The second-order valence-corrected chi connectivity index (χ2v) is 4.72. The fraction of sp³-hybridized carbons (Fsp3) is 0.188. The Hall–Kier alpha value is -2.11. The first kappa shape index (κ1) is 11.0. The molecule has 88 valence electrons. The van der Waals surface area contributed by atoms with Crippen molar-refractivity contribution in [3.63, 3.8) is 0 Å². The van der Waals surface area contributed by atoms with Crippen molar-refractivity contribution in [2.24, 2.45) is 5.73 Å². The Morgan fingerprint density at radius 2 is 1.89 bits per heavy atom. The Bertz CT molecular complexity index is 638. The lowest BCUT2D eigenvalue weighted by Crippen LogP contribution is -2.09. The molecule has 2 aromatic carbocycles. The van der Waals surface area contributed by atoms with E-state index in [0.717, 1.165) is 12.0 Å². The fourth-order valence-electron chi connectivity index (χ4n) is 2.61. The average molecular weight is 234 g/mol. The maximum absolute atomic E-state index is 8.70. The lowest BCUT2D eigenvalue weighted by atomic mass is 9.99. The summed E-state index contributed by atoms with van der Waals surface area (Å²) in [4.78, 5) is 0. The highest BCUT2D eigenvalue weighted by atomic mass is 14.6. The number of nitrogens with zero attached hydrogens (tertiary/aromatic N) is 1. The predicted octanol–water partition coefficient (Wildman–Crippen LogP) is 3.17. The van der Waals surface area contributed by atoms with E-state index in [2.05, 4.69) is 42.5 Å². The Morgan fingerprint density at radius 1 is 1.11 bits per heavy atom.